The summed E-state index contributed by atoms with van der Waals surface area (Å²) in [5.41, 5.74) is 1.00. The average molecular weight is 494 g/mol. The summed E-state index contributed by atoms with van der Waals surface area (Å²) in [6.45, 7) is 2.56. The summed E-state index contributed by atoms with van der Waals surface area (Å²) in [5, 5.41) is 12.2. The number of rotatable bonds is 7. The summed E-state index contributed by atoms with van der Waals surface area (Å²) in [7, 11) is 0. The Bertz CT molecular complexity index is 1070. The fourth-order valence-corrected chi connectivity index (χ4v) is 5.07. The number of hydrogen-bond donors (Lipinski definition) is 1. The molecule has 0 radical (unpaired) electrons. The van der Waals surface area contributed by atoms with Gasteiger partial charge in [0.15, 0.2) is 4.34 Å². The molecule has 1 fully saturated rings. The van der Waals surface area contributed by atoms with E-state index in [1.54, 1.807) is 11.0 Å². The minimum absolute atomic E-state index is 0.0160. The average Bonchev–Trinajstić information content (AvgIpc) is 3.29. The van der Waals surface area contributed by atoms with E-state index in [4.69, 9.17) is 0 Å². The van der Waals surface area contributed by atoms with Crippen molar-refractivity contribution in [1.29, 1.82) is 0 Å². The lowest BCUT2D eigenvalue weighted by molar-refractivity contribution is -0.137. The molecule has 11 heteroatoms. The third kappa shape index (κ3) is 6.38. The van der Waals surface area contributed by atoms with Gasteiger partial charge in [0.1, 0.15) is 0 Å². The van der Waals surface area contributed by atoms with E-state index >= 15 is 0 Å². The summed E-state index contributed by atoms with van der Waals surface area (Å²) >= 11 is 2.74. The molecule has 1 aliphatic rings. The molecule has 0 bridgehead atoms. The van der Waals surface area contributed by atoms with Gasteiger partial charge in [-0.25, -0.2) is 0 Å². The number of hydrogen-bond acceptors (Lipinski definition) is 7. The highest BCUT2D eigenvalue weighted by atomic mass is 32.2. The number of alkyl halides is 3. The van der Waals surface area contributed by atoms with Gasteiger partial charge in [-0.15, -0.1) is 10.2 Å². The number of amides is 1. The molecule has 174 valence electrons. The number of carbonyl (C=O) groups excluding carboxylic acids is 1. The molecule has 2 aromatic carbocycles. The molecule has 4 rings (SSSR count). The lowest BCUT2D eigenvalue weighted by Crippen LogP contribution is -2.49. The van der Waals surface area contributed by atoms with Gasteiger partial charge in [0.25, 0.3) is 0 Å². The van der Waals surface area contributed by atoms with E-state index in [-0.39, 0.29) is 11.7 Å². The molecular weight excluding hydrogens is 471 g/mol. The number of nitrogens with zero attached hydrogens (tertiary/aromatic N) is 4. The van der Waals surface area contributed by atoms with Gasteiger partial charge in [0.2, 0.25) is 11.0 Å². The number of anilines is 2. The van der Waals surface area contributed by atoms with Crippen molar-refractivity contribution in [2.24, 2.45) is 0 Å². The number of piperazine rings is 1. The molecule has 33 heavy (non-hydrogen) atoms. The zero-order chi connectivity index (χ0) is 23.3. The van der Waals surface area contributed by atoms with Crippen molar-refractivity contribution < 1.29 is 18.0 Å². The largest absolute Gasteiger partial charge is 0.416 e. The van der Waals surface area contributed by atoms with Gasteiger partial charge in [-0.3, -0.25) is 4.79 Å². The zero-order valence-electron chi connectivity index (χ0n) is 17.6. The summed E-state index contributed by atoms with van der Waals surface area (Å²) in [4.78, 5) is 16.2. The Morgan fingerprint density at radius 2 is 1.79 bits per heavy atom. The minimum atomic E-state index is -4.37. The molecule has 0 atom stereocenters. The van der Waals surface area contributed by atoms with Crippen LogP contribution in [0.15, 0.2) is 58.9 Å². The van der Waals surface area contributed by atoms with E-state index in [9.17, 15) is 18.0 Å². The Morgan fingerprint density at radius 3 is 2.52 bits per heavy atom. The maximum absolute atomic E-state index is 13.0. The van der Waals surface area contributed by atoms with Crippen molar-refractivity contribution in [1.82, 2.24) is 15.1 Å². The number of benzene rings is 2. The summed E-state index contributed by atoms with van der Waals surface area (Å²) in [6, 6.07) is 15.3. The van der Waals surface area contributed by atoms with Crippen LogP contribution in [0.3, 0.4) is 0 Å². The number of aromatic nitrogens is 2. The maximum atomic E-state index is 13.0. The number of nitrogens with one attached hydrogen (secondary N) is 1. The molecule has 1 amide bonds. The molecule has 6 nitrogen and oxygen atoms in total. The Morgan fingerprint density at radius 1 is 1.03 bits per heavy atom. The van der Waals surface area contributed by atoms with Crippen molar-refractivity contribution in [3.8, 4) is 0 Å². The highest BCUT2D eigenvalue weighted by molar-refractivity contribution is 8.01. The maximum Gasteiger partial charge on any atom is 0.416 e. The highest BCUT2D eigenvalue weighted by Crippen LogP contribution is 2.32. The van der Waals surface area contributed by atoms with Crippen molar-refractivity contribution in [3.63, 3.8) is 0 Å². The summed E-state index contributed by atoms with van der Waals surface area (Å²) in [5.74, 6) is 0.231. The second-order valence-electron chi connectivity index (χ2n) is 7.42. The first-order valence-corrected chi connectivity index (χ1v) is 12.1. The Hall–Kier alpha value is -2.79. The van der Waals surface area contributed by atoms with Crippen LogP contribution in [0.25, 0.3) is 0 Å². The second-order valence-corrected chi connectivity index (χ2v) is 9.62. The Labute approximate surface area is 197 Å². The number of halogens is 3. The molecule has 3 aromatic rings. The van der Waals surface area contributed by atoms with E-state index in [0.29, 0.717) is 47.9 Å². The molecule has 0 unspecified atom stereocenters. The number of carbonyl (C=O) groups is 1. The van der Waals surface area contributed by atoms with E-state index in [1.165, 1.54) is 29.2 Å². The molecular formula is C22H22F3N5OS2. The zero-order valence-corrected chi connectivity index (χ0v) is 19.2. The normalized spacial score (nSPS) is 14.4. The first-order chi connectivity index (χ1) is 15.9. The van der Waals surface area contributed by atoms with Crippen LogP contribution >= 0.6 is 23.1 Å². The summed E-state index contributed by atoms with van der Waals surface area (Å²) in [6.07, 6.45) is -4.37. The highest BCUT2D eigenvalue weighted by Gasteiger charge is 2.31. The quantitative estimate of drug-likeness (QED) is 0.485. The van der Waals surface area contributed by atoms with Crippen LogP contribution < -0.4 is 10.2 Å². The van der Waals surface area contributed by atoms with Crippen LogP contribution in [0.4, 0.5) is 24.0 Å². The predicted octanol–water partition coefficient (Wildman–Crippen LogP) is 4.61. The SMILES string of the molecule is O=C(CSc1nnc(NCc2ccccc2)s1)N1CCN(c2cccc(C(F)(F)F)c2)CC1. The standard InChI is InChI=1S/C22H22F3N5OS2/c23-22(24,25)17-7-4-8-18(13-17)29-9-11-30(12-10-29)19(31)15-32-21-28-27-20(33-21)26-14-16-5-2-1-3-6-16/h1-8,13H,9-12,14-15H2,(H,26,27). The fourth-order valence-electron chi connectivity index (χ4n) is 3.42. The van der Waals surface area contributed by atoms with Gasteiger partial charge in [0.05, 0.1) is 11.3 Å². The minimum Gasteiger partial charge on any atom is -0.368 e. The lowest BCUT2D eigenvalue weighted by Gasteiger charge is -2.36. The van der Waals surface area contributed by atoms with Gasteiger partial charge in [0, 0.05) is 38.4 Å². The van der Waals surface area contributed by atoms with E-state index in [2.05, 4.69) is 15.5 Å². The first kappa shape index (κ1) is 23.4. The Balaban J connectivity index is 1.23. The lowest BCUT2D eigenvalue weighted by atomic mass is 10.1. The monoisotopic (exact) mass is 493 g/mol. The van der Waals surface area contributed by atoms with E-state index in [1.807, 2.05) is 35.2 Å². The molecule has 1 saturated heterocycles. The van der Waals surface area contributed by atoms with Crippen molar-refractivity contribution in [3.05, 3.63) is 65.7 Å². The molecule has 1 N–H and O–H groups in total. The molecule has 1 aliphatic heterocycles. The van der Waals surface area contributed by atoms with Crippen molar-refractivity contribution in [2.75, 3.05) is 42.1 Å². The number of thioether (sulfide) groups is 1. The molecule has 0 saturated carbocycles. The van der Waals surface area contributed by atoms with Crippen molar-refractivity contribution in [2.45, 2.75) is 17.1 Å². The van der Waals surface area contributed by atoms with Crippen LogP contribution in [0.5, 0.6) is 0 Å². The van der Waals surface area contributed by atoms with Crippen LogP contribution in [0.2, 0.25) is 0 Å². The van der Waals surface area contributed by atoms with Crippen LogP contribution in [-0.2, 0) is 17.5 Å². The molecule has 2 heterocycles. The van der Waals surface area contributed by atoms with Crippen LogP contribution in [0.1, 0.15) is 11.1 Å². The first-order valence-electron chi connectivity index (χ1n) is 10.3. The fraction of sp³-hybridized carbons (Fsp3) is 0.318. The van der Waals surface area contributed by atoms with Gasteiger partial charge in [-0.1, -0.05) is 59.5 Å². The topological polar surface area (TPSA) is 61.4 Å². The third-order valence-electron chi connectivity index (χ3n) is 5.18. The molecule has 0 aliphatic carbocycles. The molecule has 0 spiro atoms. The second kappa shape index (κ2) is 10.4. The van der Waals surface area contributed by atoms with Crippen LogP contribution in [-0.4, -0.2) is 52.9 Å². The van der Waals surface area contributed by atoms with E-state index < -0.39 is 11.7 Å². The van der Waals surface area contributed by atoms with Gasteiger partial charge >= 0.3 is 6.18 Å². The van der Waals surface area contributed by atoms with E-state index in [0.717, 1.165) is 17.7 Å². The summed E-state index contributed by atoms with van der Waals surface area (Å²) < 4.78 is 39.6. The van der Waals surface area contributed by atoms with Crippen LogP contribution in [0, 0.1) is 0 Å². The van der Waals surface area contributed by atoms with Gasteiger partial charge in [-0.2, -0.15) is 13.2 Å². The van der Waals surface area contributed by atoms with Gasteiger partial charge < -0.3 is 15.1 Å². The predicted molar refractivity (Wildman–Crippen MR) is 125 cm³/mol. The Kier molecular flexibility index (Phi) is 7.39. The third-order valence-corrected chi connectivity index (χ3v) is 7.18. The van der Waals surface area contributed by atoms with Crippen molar-refractivity contribution >= 4 is 39.8 Å². The molecule has 1 aromatic heterocycles. The van der Waals surface area contributed by atoms with Gasteiger partial charge in [-0.05, 0) is 23.8 Å². The smallest absolute Gasteiger partial charge is 0.368 e.